The fraction of sp³-hybridized carbons (Fsp3) is 0.385. The van der Waals surface area contributed by atoms with Gasteiger partial charge in [0.05, 0.1) is 18.2 Å². The molecular formula is C26H26ClF3N2O5. The van der Waals surface area contributed by atoms with Gasteiger partial charge in [-0.3, -0.25) is 0 Å². The van der Waals surface area contributed by atoms with Crippen molar-refractivity contribution in [3.8, 4) is 5.75 Å². The lowest BCUT2D eigenvalue weighted by Crippen LogP contribution is -2.40. The number of benzene rings is 2. The third-order valence-electron chi connectivity index (χ3n) is 5.82. The average Bonchev–Trinajstić information content (AvgIpc) is 3.43. The van der Waals surface area contributed by atoms with Crippen LogP contribution in [-0.2, 0) is 33.5 Å². The summed E-state index contributed by atoms with van der Waals surface area (Å²) in [5.41, 5.74) is -2.33. The topological polar surface area (TPSA) is 80.9 Å². The highest BCUT2D eigenvalue weighted by atomic mass is 35.5. The molecule has 11 heteroatoms. The minimum atomic E-state index is -4.87. The van der Waals surface area contributed by atoms with Gasteiger partial charge in [-0.05, 0) is 38.3 Å². The molecule has 1 atom stereocenters. The van der Waals surface area contributed by atoms with Crippen LogP contribution in [0, 0.1) is 0 Å². The Labute approximate surface area is 216 Å². The third kappa shape index (κ3) is 5.34. The molecule has 0 aliphatic carbocycles. The van der Waals surface area contributed by atoms with E-state index in [-0.39, 0.29) is 36.2 Å². The molecule has 0 saturated heterocycles. The van der Waals surface area contributed by atoms with E-state index in [1.54, 1.807) is 20.8 Å². The number of halogens is 4. The van der Waals surface area contributed by atoms with Crippen LogP contribution >= 0.6 is 11.6 Å². The minimum absolute atomic E-state index is 0.00708. The first-order valence-corrected chi connectivity index (χ1v) is 11.9. The van der Waals surface area contributed by atoms with Gasteiger partial charge in [-0.1, -0.05) is 41.9 Å². The Balaban J connectivity index is 1.89. The quantitative estimate of drug-likeness (QED) is 0.242. The van der Waals surface area contributed by atoms with E-state index in [0.717, 1.165) is 12.7 Å². The molecule has 37 heavy (non-hydrogen) atoms. The standard InChI is InChI=1S/C26H26ClF3N2O5/c1-25(2,3)37-24(34)22(27)32-11-10-15-16(32)12-17(36-13-14-8-6-5-7-9-14)20-18(15)19(23(33)35-4)21(31-20)26(28,29)30/h5-9,12,22,31H,10-11,13H2,1-4H3. The molecular weight excluding hydrogens is 513 g/mol. The number of methoxy groups -OCH3 is 1. The molecule has 1 N–H and O–H groups in total. The molecule has 0 fully saturated rings. The van der Waals surface area contributed by atoms with Gasteiger partial charge >= 0.3 is 18.1 Å². The summed E-state index contributed by atoms with van der Waals surface area (Å²) in [4.78, 5) is 29.2. The van der Waals surface area contributed by atoms with Gasteiger partial charge in [-0.25, -0.2) is 9.59 Å². The van der Waals surface area contributed by atoms with Crippen LogP contribution in [-0.4, -0.2) is 41.7 Å². The Morgan fingerprint density at radius 2 is 1.84 bits per heavy atom. The Bertz CT molecular complexity index is 1330. The van der Waals surface area contributed by atoms with E-state index in [9.17, 15) is 22.8 Å². The number of carbonyl (C=O) groups is 2. The summed E-state index contributed by atoms with van der Waals surface area (Å²) in [6.45, 7) is 5.37. The summed E-state index contributed by atoms with van der Waals surface area (Å²) in [6.07, 6.45) is -4.63. The molecule has 198 valence electrons. The highest BCUT2D eigenvalue weighted by Crippen LogP contribution is 2.46. The first-order valence-electron chi connectivity index (χ1n) is 11.5. The van der Waals surface area contributed by atoms with E-state index in [4.69, 9.17) is 25.8 Å². The van der Waals surface area contributed by atoms with Gasteiger partial charge in [0.1, 0.15) is 23.7 Å². The summed E-state index contributed by atoms with van der Waals surface area (Å²) >= 11 is 6.49. The summed E-state index contributed by atoms with van der Waals surface area (Å²) in [5, 5.41) is 0.0234. The molecule has 0 saturated carbocycles. The van der Waals surface area contributed by atoms with Crippen molar-refractivity contribution in [2.75, 3.05) is 18.6 Å². The maximum absolute atomic E-state index is 14.0. The molecule has 4 rings (SSSR count). The van der Waals surface area contributed by atoms with Gasteiger partial charge < -0.3 is 24.1 Å². The number of aromatic amines is 1. The van der Waals surface area contributed by atoms with Crippen LogP contribution < -0.4 is 9.64 Å². The van der Waals surface area contributed by atoms with E-state index in [0.29, 0.717) is 11.3 Å². The van der Waals surface area contributed by atoms with E-state index in [1.165, 1.54) is 11.0 Å². The second kappa shape index (κ2) is 9.81. The smallest absolute Gasteiger partial charge is 0.432 e. The molecule has 1 aliphatic rings. The number of esters is 2. The van der Waals surface area contributed by atoms with Crippen molar-refractivity contribution in [2.24, 2.45) is 0 Å². The lowest BCUT2D eigenvalue weighted by molar-refractivity contribution is -0.154. The first kappa shape index (κ1) is 26.7. The Kier molecular flexibility index (Phi) is 7.07. The normalized spacial score (nSPS) is 14.4. The summed E-state index contributed by atoms with van der Waals surface area (Å²) < 4.78 is 58.1. The molecule has 0 radical (unpaired) electrons. The number of H-pyrrole nitrogens is 1. The van der Waals surface area contributed by atoms with E-state index < -0.39 is 40.5 Å². The Hall–Kier alpha value is -3.40. The van der Waals surface area contributed by atoms with E-state index in [1.807, 2.05) is 30.3 Å². The Morgan fingerprint density at radius 1 is 1.16 bits per heavy atom. The molecule has 1 aliphatic heterocycles. The molecule has 3 aromatic rings. The monoisotopic (exact) mass is 538 g/mol. The summed E-state index contributed by atoms with van der Waals surface area (Å²) in [5.74, 6) is -1.78. The number of hydrogen-bond donors (Lipinski definition) is 1. The number of alkyl halides is 4. The number of aromatic nitrogens is 1. The highest BCUT2D eigenvalue weighted by Gasteiger charge is 2.42. The minimum Gasteiger partial charge on any atom is -0.487 e. The fourth-order valence-corrected chi connectivity index (χ4v) is 4.59. The molecule has 7 nitrogen and oxygen atoms in total. The van der Waals surface area contributed by atoms with Gasteiger partial charge in [-0.2, -0.15) is 13.2 Å². The van der Waals surface area contributed by atoms with Crippen molar-refractivity contribution < 1.29 is 37.0 Å². The van der Waals surface area contributed by atoms with Crippen LogP contribution in [0.4, 0.5) is 18.9 Å². The number of fused-ring (bicyclic) bond motifs is 3. The second-order valence-electron chi connectivity index (χ2n) is 9.57. The van der Waals surface area contributed by atoms with Crippen LogP contribution in [0.5, 0.6) is 5.75 Å². The van der Waals surface area contributed by atoms with Crippen LogP contribution in [0.2, 0.25) is 0 Å². The number of ether oxygens (including phenoxy) is 3. The molecule has 0 bridgehead atoms. The number of anilines is 1. The van der Waals surface area contributed by atoms with Crippen molar-refractivity contribution in [3.05, 3.63) is 58.8 Å². The summed E-state index contributed by atoms with van der Waals surface area (Å²) in [6, 6.07) is 10.6. The highest BCUT2D eigenvalue weighted by molar-refractivity contribution is 6.31. The zero-order valence-corrected chi connectivity index (χ0v) is 21.4. The molecule has 1 aromatic heterocycles. The van der Waals surface area contributed by atoms with Crippen LogP contribution in [0.15, 0.2) is 36.4 Å². The number of carbonyl (C=O) groups excluding carboxylic acids is 2. The van der Waals surface area contributed by atoms with E-state index in [2.05, 4.69) is 4.98 Å². The lowest BCUT2D eigenvalue weighted by atomic mass is 10.0. The average molecular weight is 539 g/mol. The molecule has 2 heterocycles. The second-order valence-corrected chi connectivity index (χ2v) is 9.99. The maximum atomic E-state index is 14.0. The maximum Gasteiger partial charge on any atom is 0.432 e. The van der Waals surface area contributed by atoms with E-state index >= 15 is 0 Å². The van der Waals surface area contributed by atoms with Crippen molar-refractivity contribution in [3.63, 3.8) is 0 Å². The van der Waals surface area contributed by atoms with Crippen molar-refractivity contribution >= 4 is 40.1 Å². The largest absolute Gasteiger partial charge is 0.487 e. The van der Waals surface area contributed by atoms with Gasteiger partial charge in [0, 0.05) is 23.7 Å². The Morgan fingerprint density at radius 3 is 2.43 bits per heavy atom. The zero-order valence-electron chi connectivity index (χ0n) is 20.7. The van der Waals surface area contributed by atoms with Crippen LogP contribution in [0.1, 0.15) is 48.0 Å². The van der Waals surface area contributed by atoms with Crippen molar-refractivity contribution in [2.45, 2.75) is 51.1 Å². The lowest BCUT2D eigenvalue weighted by Gasteiger charge is -2.28. The van der Waals surface area contributed by atoms with Gasteiger partial charge in [0.25, 0.3) is 0 Å². The number of nitrogens with zero attached hydrogens (tertiary/aromatic N) is 1. The van der Waals surface area contributed by atoms with Crippen LogP contribution in [0.25, 0.3) is 10.9 Å². The predicted molar refractivity (Wildman–Crippen MR) is 132 cm³/mol. The zero-order chi connectivity index (χ0) is 27.1. The predicted octanol–water partition coefficient (Wildman–Crippen LogP) is 5.82. The SMILES string of the molecule is COC(=O)c1c(C(F)(F)F)[nH]c2c(OCc3ccccc3)cc3c(c12)CCN3C(Cl)C(=O)OC(C)(C)C. The molecule has 2 aromatic carbocycles. The number of rotatable bonds is 6. The van der Waals surface area contributed by atoms with Gasteiger partial charge in [-0.15, -0.1) is 0 Å². The summed E-state index contributed by atoms with van der Waals surface area (Å²) in [7, 11) is 1.01. The fourth-order valence-electron chi connectivity index (χ4n) is 4.34. The molecule has 0 spiro atoms. The number of nitrogens with one attached hydrogen (secondary N) is 1. The molecule has 0 amide bonds. The van der Waals surface area contributed by atoms with Crippen molar-refractivity contribution in [1.29, 1.82) is 0 Å². The molecule has 1 unspecified atom stereocenters. The van der Waals surface area contributed by atoms with Gasteiger partial charge in [0.2, 0.25) is 5.50 Å². The number of hydrogen-bond acceptors (Lipinski definition) is 6. The van der Waals surface area contributed by atoms with Crippen LogP contribution in [0.3, 0.4) is 0 Å². The third-order valence-corrected chi connectivity index (χ3v) is 6.24. The van der Waals surface area contributed by atoms with Gasteiger partial charge in [0.15, 0.2) is 0 Å². The first-order chi connectivity index (χ1) is 17.3. The van der Waals surface area contributed by atoms with Crippen molar-refractivity contribution in [1.82, 2.24) is 4.98 Å².